The third kappa shape index (κ3) is 5.91. The van der Waals surface area contributed by atoms with E-state index in [9.17, 15) is 4.79 Å². The Balaban J connectivity index is 1.80. The van der Waals surface area contributed by atoms with Crippen LogP contribution in [0.4, 0.5) is 5.82 Å². The van der Waals surface area contributed by atoms with E-state index >= 15 is 0 Å². The first-order valence-corrected chi connectivity index (χ1v) is 10.1. The number of carbonyl (C=O) groups excluding carboxylic acids is 1. The summed E-state index contributed by atoms with van der Waals surface area (Å²) in [6.45, 7) is 6.68. The van der Waals surface area contributed by atoms with Crippen LogP contribution in [0.5, 0.6) is 0 Å². The zero-order chi connectivity index (χ0) is 20.0. The summed E-state index contributed by atoms with van der Waals surface area (Å²) in [4.78, 5) is 21.8. The lowest BCUT2D eigenvalue weighted by atomic mass is 9.97. The normalized spacial score (nSPS) is 14.3. The van der Waals surface area contributed by atoms with Gasteiger partial charge < -0.3 is 10.6 Å². The molecule has 1 aromatic heterocycles. The van der Waals surface area contributed by atoms with Gasteiger partial charge >= 0.3 is 0 Å². The Labute approximate surface area is 167 Å². The van der Waals surface area contributed by atoms with Crippen LogP contribution in [-0.2, 0) is 0 Å². The minimum absolute atomic E-state index is 0.190. The molecule has 0 saturated carbocycles. The molecule has 0 aliphatic heterocycles. The van der Waals surface area contributed by atoms with Crippen LogP contribution in [-0.4, -0.2) is 28.0 Å². The van der Waals surface area contributed by atoms with Gasteiger partial charge in [0, 0.05) is 23.7 Å². The maximum absolute atomic E-state index is 12.7. The molecule has 0 saturated heterocycles. The lowest BCUT2D eigenvalue weighted by molar-refractivity contribution is 0.0914. The summed E-state index contributed by atoms with van der Waals surface area (Å²) >= 11 is 0. The average Bonchev–Trinajstić information content (AvgIpc) is 2.68. The molecule has 2 N–H and O–H groups in total. The van der Waals surface area contributed by atoms with Gasteiger partial charge in [-0.05, 0) is 52.9 Å². The van der Waals surface area contributed by atoms with Crippen molar-refractivity contribution in [1.82, 2.24) is 15.3 Å². The van der Waals surface area contributed by atoms with Gasteiger partial charge in [0.1, 0.15) is 11.5 Å². The van der Waals surface area contributed by atoms with Crippen LogP contribution in [0.2, 0.25) is 0 Å². The first-order chi connectivity index (χ1) is 13.4. The Kier molecular flexibility index (Phi) is 6.45. The first kappa shape index (κ1) is 20.1. The van der Waals surface area contributed by atoms with Crippen LogP contribution in [0.25, 0.3) is 11.4 Å². The molecule has 28 heavy (non-hydrogen) atoms. The fourth-order valence-corrected chi connectivity index (χ4v) is 3.26. The van der Waals surface area contributed by atoms with Gasteiger partial charge in [0.15, 0.2) is 5.82 Å². The molecule has 0 spiro atoms. The standard InChI is InChI=1S/C23H30N4O/c1-23(2,3)27-22(28)19-16-20(24-15-14-17-10-6-4-7-11-17)26-21(25-19)18-12-8-5-9-13-18/h5,8-10,12-13,16H,4,6-7,11,14-15H2,1-3H3,(H,27,28)(H,24,25,26). The van der Waals surface area contributed by atoms with Gasteiger partial charge in [-0.25, -0.2) is 9.97 Å². The van der Waals surface area contributed by atoms with E-state index in [4.69, 9.17) is 0 Å². The van der Waals surface area contributed by atoms with E-state index in [-0.39, 0.29) is 11.4 Å². The molecule has 1 aromatic carbocycles. The van der Waals surface area contributed by atoms with Gasteiger partial charge in [0.05, 0.1) is 0 Å². The molecule has 0 fully saturated rings. The number of nitrogens with zero attached hydrogens (tertiary/aromatic N) is 2. The highest BCUT2D eigenvalue weighted by atomic mass is 16.2. The summed E-state index contributed by atoms with van der Waals surface area (Å²) in [5.41, 5.74) is 2.46. The van der Waals surface area contributed by atoms with Gasteiger partial charge in [-0.2, -0.15) is 0 Å². The fourth-order valence-electron chi connectivity index (χ4n) is 3.26. The molecule has 0 bridgehead atoms. The second-order valence-electron chi connectivity index (χ2n) is 8.32. The first-order valence-electron chi connectivity index (χ1n) is 10.1. The predicted octanol–water partition coefficient (Wildman–Crippen LogP) is 4.97. The highest BCUT2D eigenvalue weighted by molar-refractivity contribution is 5.93. The fraction of sp³-hybridized carbons (Fsp3) is 0.435. The Morgan fingerprint density at radius 3 is 2.57 bits per heavy atom. The number of aromatic nitrogens is 2. The SMILES string of the molecule is CC(C)(C)NC(=O)c1cc(NCCC2=CCCCC2)nc(-c2ccccc2)n1. The molecule has 0 radical (unpaired) electrons. The van der Waals surface area contributed by atoms with Crippen LogP contribution < -0.4 is 10.6 Å². The van der Waals surface area contributed by atoms with Crippen LogP contribution in [0.15, 0.2) is 48.0 Å². The minimum atomic E-state index is -0.323. The van der Waals surface area contributed by atoms with Crippen LogP contribution in [0.1, 0.15) is 63.4 Å². The summed E-state index contributed by atoms with van der Waals surface area (Å²) < 4.78 is 0. The average molecular weight is 379 g/mol. The second-order valence-corrected chi connectivity index (χ2v) is 8.32. The minimum Gasteiger partial charge on any atom is -0.370 e. The zero-order valence-electron chi connectivity index (χ0n) is 17.1. The lowest BCUT2D eigenvalue weighted by Gasteiger charge is -2.20. The Morgan fingerprint density at radius 1 is 1.11 bits per heavy atom. The van der Waals surface area contributed by atoms with E-state index in [0.29, 0.717) is 17.3 Å². The van der Waals surface area contributed by atoms with E-state index in [2.05, 4.69) is 26.7 Å². The van der Waals surface area contributed by atoms with Crippen molar-refractivity contribution in [2.75, 3.05) is 11.9 Å². The predicted molar refractivity (Wildman–Crippen MR) is 114 cm³/mol. The van der Waals surface area contributed by atoms with Crippen LogP contribution >= 0.6 is 0 Å². The topological polar surface area (TPSA) is 66.9 Å². The molecule has 5 heteroatoms. The van der Waals surface area contributed by atoms with Gasteiger partial charge in [0.25, 0.3) is 5.91 Å². The largest absolute Gasteiger partial charge is 0.370 e. The number of nitrogens with one attached hydrogen (secondary N) is 2. The van der Waals surface area contributed by atoms with Crippen molar-refractivity contribution in [3.8, 4) is 11.4 Å². The van der Waals surface area contributed by atoms with Crippen molar-refractivity contribution in [2.45, 2.75) is 58.4 Å². The van der Waals surface area contributed by atoms with Crippen molar-refractivity contribution in [2.24, 2.45) is 0 Å². The quantitative estimate of drug-likeness (QED) is 0.696. The molecular weight excluding hydrogens is 348 g/mol. The van der Waals surface area contributed by atoms with E-state index in [1.807, 2.05) is 51.1 Å². The summed E-state index contributed by atoms with van der Waals surface area (Å²) in [5, 5.41) is 6.37. The third-order valence-corrected chi connectivity index (χ3v) is 4.62. The Hall–Kier alpha value is -2.69. The van der Waals surface area contributed by atoms with E-state index in [0.717, 1.165) is 18.5 Å². The summed E-state index contributed by atoms with van der Waals surface area (Å²) in [6.07, 6.45) is 8.35. The summed E-state index contributed by atoms with van der Waals surface area (Å²) in [5.74, 6) is 1.05. The number of hydrogen-bond acceptors (Lipinski definition) is 4. The highest BCUT2D eigenvalue weighted by Crippen LogP contribution is 2.21. The van der Waals surface area contributed by atoms with E-state index in [1.54, 1.807) is 6.07 Å². The summed E-state index contributed by atoms with van der Waals surface area (Å²) in [7, 11) is 0. The van der Waals surface area contributed by atoms with Crippen molar-refractivity contribution < 1.29 is 4.79 Å². The maximum Gasteiger partial charge on any atom is 0.270 e. The molecule has 1 aliphatic rings. The zero-order valence-corrected chi connectivity index (χ0v) is 17.1. The molecule has 2 aromatic rings. The number of benzene rings is 1. The van der Waals surface area contributed by atoms with Crippen molar-refractivity contribution in [3.05, 3.63) is 53.7 Å². The van der Waals surface area contributed by atoms with Gasteiger partial charge in [0.2, 0.25) is 0 Å². The number of rotatable bonds is 6. The number of anilines is 1. The Morgan fingerprint density at radius 2 is 1.89 bits per heavy atom. The van der Waals surface area contributed by atoms with Crippen molar-refractivity contribution in [3.63, 3.8) is 0 Å². The molecule has 0 unspecified atom stereocenters. The van der Waals surface area contributed by atoms with Gasteiger partial charge in [-0.15, -0.1) is 0 Å². The second kappa shape index (κ2) is 9.00. The number of allylic oxidation sites excluding steroid dienone is 1. The van der Waals surface area contributed by atoms with E-state index < -0.39 is 0 Å². The molecule has 1 amide bonds. The molecule has 148 valence electrons. The summed E-state index contributed by atoms with van der Waals surface area (Å²) in [6, 6.07) is 11.5. The lowest BCUT2D eigenvalue weighted by Crippen LogP contribution is -2.41. The number of carbonyl (C=O) groups is 1. The Bertz CT molecular complexity index is 837. The van der Waals surface area contributed by atoms with Crippen LogP contribution in [0.3, 0.4) is 0 Å². The van der Waals surface area contributed by atoms with Gasteiger partial charge in [-0.1, -0.05) is 42.0 Å². The third-order valence-electron chi connectivity index (χ3n) is 4.62. The molecular formula is C23H30N4O. The molecule has 5 nitrogen and oxygen atoms in total. The smallest absolute Gasteiger partial charge is 0.270 e. The van der Waals surface area contributed by atoms with E-state index in [1.165, 1.54) is 31.3 Å². The highest BCUT2D eigenvalue weighted by Gasteiger charge is 2.18. The van der Waals surface area contributed by atoms with Crippen molar-refractivity contribution in [1.29, 1.82) is 0 Å². The molecule has 1 aliphatic carbocycles. The maximum atomic E-state index is 12.7. The number of amides is 1. The number of hydrogen-bond donors (Lipinski definition) is 2. The van der Waals surface area contributed by atoms with Crippen molar-refractivity contribution >= 4 is 11.7 Å². The molecule has 1 heterocycles. The van der Waals surface area contributed by atoms with Gasteiger partial charge in [-0.3, -0.25) is 4.79 Å². The molecule has 3 rings (SSSR count). The monoisotopic (exact) mass is 378 g/mol. The molecule has 0 atom stereocenters. The van der Waals surface area contributed by atoms with Crippen LogP contribution in [0, 0.1) is 0 Å².